The normalized spacial score (nSPS) is 30.0. The van der Waals surface area contributed by atoms with Crippen molar-refractivity contribution in [3.8, 4) is 11.5 Å². The van der Waals surface area contributed by atoms with Crippen LogP contribution in [-0.4, -0.2) is 11.7 Å². The molecule has 12 heavy (non-hydrogen) atoms. The van der Waals surface area contributed by atoms with Gasteiger partial charge in [0.15, 0.2) is 0 Å². The van der Waals surface area contributed by atoms with Crippen molar-refractivity contribution in [1.29, 1.82) is 0 Å². The van der Waals surface area contributed by atoms with E-state index < -0.39 is 0 Å². The third-order valence-electron chi connectivity index (χ3n) is 2.79. The van der Waals surface area contributed by atoms with E-state index in [2.05, 4.69) is 0 Å². The second-order valence-corrected chi connectivity index (χ2v) is 3.60. The number of hydrogen-bond donors (Lipinski definition) is 1. The highest BCUT2D eigenvalue weighted by Gasteiger charge is 2.45. The van der Waals surface area contributed by atoms with Crippen molar-refractivity contribution < 1.29 is 9.84 Å². The minimum atomic E-state index is 0.403. The molecule has 2 unspecified atom stereocenters. The molecule has 1 heterocycles. The summed E-state index contributed by atoms with van der Waals surface area (Å²) >= 11 is 0. The number of fused-ring (bicyclic) bond motifs is 3. The lowest BCUT2D eigenvalue weighted by Crippen LogP contribution is -2.08. The van der Waals surface area contributed by atoms with E-state index in [-0.39, 0.29) is 0 Å². The summed E-state index contributed by atoms with van der Waals surface area (Å²) in [6, 6.07) is 5.50. The van der Waals surface area contributed by atoms with E-state index in [1.165, 1.54) is 6.42 Å². The summed E-state index contributed by atoms with van der Waals surface area (Å²) in [4.78, 5) is 0. The van der Waals surface area contributed by atoms with Crippen LogP contribution in [0.2, 0.25) is 0 Å². The molecule has 1 aliphatic heterocycles. The fourth-order valence-electron chi connectivity index (χ4n) is 2.01. The molecule has 2 nitrogen and oxygen atoms in total. The molecule has 0 amide bonds. The van der Waals surface area contributed by atoms with Crippen LogP contribution in [0, 0.1) is 5.92 Å². The zero-order valence-corrected chi connectivity index (χ0v) is 6.66. The summed E-state index contributed by atoms with van der Waals surface area (Å²) in [5.41, 5.74) is 1.04. The van der Waals surface area contributed by atoms with Gasteiger partial charge in [-0.3, -0.25) is 0 Å². The van der Waals surface area contributed by atoms with E-state index in [1.807, 2.05) is 12.1 Å². The maximum Gasteiger partial charge on any atom is 0.126 e. The molecule has 3 rings (SSSR count). The summed E-state index contributed by atoms with van der Waals surface area (Å²) in [5, 5.41) is 9.57. The molecule has 0 spiro atoms. The Hall–Kier alpha value is -1.18. The van der Waals surface area contributed by atoms with Crippen molar-refractivity contribution in [2.45, 2.75) is 12.3 Å². The van der Waals surface area contributed by atoms with E-state index in [4.69, 9.17) is 4.74 Å². The van der Waals surface area contributed by atoms with Crippen LogP contribution in [0.3, 0.4) is 0 Å². The second kappa shape index (κ2) is 1.94. The van der Waals surface area contributed by atoms with Gasteiger partial charge < -0.3 is 9.84 Å². The molecule has 1 aromatic carbocycles. The summed E-state index contributed by atoms with van der Waals surface area (Å²) in [5.74, 6) is 2.54. The number of rotatable bonds is 0. The van der Waals surface area contributed by atoms with Gasteiger partial charge in [-0.2, -0.15) is 0 Å². The van der Waals surface area contributed by atoms with E-state index in [0.29, 0.717) is 17.6 Å². The van der Waals surface area contributed by atoms with Crippen molar-refractivity contribution in [3.63, 3.8) is 0 Å². The highest BCUT2D eigenvalue weighted by atomic mass is 16.5. The Morgan fingerprint density at radius 1 is 1.42 bits per heavy atom. The average Bonchev–Trinajstić information content (AvgIpc) is 2.82. The van der Waals surface area contributed by atoms with Crippen LogP contribution in [0.25, 0.3) is 0 Å². The van der Waals surface area contributed by atoms with Gasteiger partial charge in [0.1, 0.15) is 11.5 Å². The van der Waals surface area contributed by atoms with Crippen LogP contribution < -0.4 is 4.74 Å². The first kappa shape index (κ1) is 6.35. The predicted molar refractivity (Wildman–Crippen MR) is 44.4 cm³/mol. The van der Waals surface area contributed by atoms with Gasteiger partial charge in [-0.1, -0.05) is 6.07 Å². The van der Waals surface area contributed by atoms with Gasteiger partial charge in [0, 0.05) is 11.5 Å². The summed E-state index contributed by atoms with van der Waals surface area (Å²) in [6.07, 6.45) is 1.19. The van der Waals surface area contributed by atoms with Crippen molar-refractivity contribution in [1.82, 2.24) is 0 Å². The van der Waals surface area contributed by atoms with Gasteiger partial charge in [0.2, 0.25) is 0 Å². The third kappa shape index (κ3) is 0.697. The average molecular weight is 162 g/mol. The number of hydrogen-bond acceptors (Lipinski definition) is 2. The first-order valence-electron chi connectivity index (χ1n) is 4.31. The predicted octanol–water partition coefficient (Wildman–Crippen LogP) is 1.89. The van der Waals surface area contributed by atoms with Crippen molar-refractivity contribution in [3.05, 3.63) is 23.8 Å². The van der Waals surface area contributed by atoms with Crippen LogP contribution in [0.1, 0.15) is 17.9 Å². The largest absolute Gasteiger partial charge is 0.508 e. The van der Waals surface area contributed by atoms with Gasteiger partial charge in [-0.25, -0.2) is 0 Å². The monoisotopic (exact) mass is 162 g/mol. The van der Waals surface area contributed by atoms with Crippen molar-refractivity contribution in [2.75, 3.05) is 6.61 Å². The SMILES string of the molecule is Oc1cccc2c1C1CC1CO2. The Balaban J connectivity index is 2.19. The summed E-state index contributed by atoms with van der Waals surface area (Å²) < 4.78 is 5.50. The molecule has 2 heteroatoms. The zero-order valence-electron chi connectivity index (χ0n) is 6.66. The van der Waals surface area contributed by atoms with Crippen LogP contribution in [0.4, 0.5) is 0 Å². The number of benzene rings is 1. The number of aromatic hydroxyl groups is 1. The second-order valence-electron chi connectivity index (χ2n) is 3.60. The maximum absolute atomic E-state index is 9.57. The van der Waals surface area contributed by atoms with Gasteiger partial charge in [0.05, 0.1) is 6.61 Å². The molecule has 1 saturated carbocycles. The molecule has 0 aromatic heterocycles. The fourth-order valence-corrected chi connectivity index (χ4v) is 2.01. The standard InChI is InChI=1S/C10H10O2/c11-8-2-1-3-9-10(8)7-4-6(7)5-12-9/h1-3,6-7,11H,4-5H2. The van der Waals surface area contributed by atoms with Crippen LogP contribution in [-0.2, 0) is 0 Å². The van der Waals surface area contributed by atoms with Gasteiger partial charge in [0.25, 0.3) is 0 Å². The van der Waals surface area contributed by atoms with Gasteiger partial charge in [-0.15, -0.1) is 0 Å². The van der Waals surface area contributed by atoms with Crippen molar-refractivity contribution in [2.24, 2.45) is 5.92 Å². The van der Waals surface area contributed by atoms with Crippen molar-refractivity contribution >= 4 is 0 Å². The summed E-state index contributed by atoms with van der Waals surface area (Å²) in [6.45, 7) is 0.834. The lowest BCUT2D eigenvalue weighted by molar-refractivity contribution is 0.275. The quantitative estimate of drug-likeness (QED) is 0.631. The Kier molecular flexibility index (Phi) is 1.03. The molecule has 2 aliphatic rings. The van der Waals surface area contributed by atoms with E-state index >= 15 is 0 Å². The van der Waals surface area contributed by atoms with Gasteiger partial charge >= 0.3 is 0 Å². The Morgan fingerprint density at radius 3 is 3.25 bits per heavy atom. The Bertz CT molecular complexity index is 333. The Morgan fingerprint density at radius 2 is 2.33 bits per heavy atom. The number of phenolic OH excluding ortho intramolecular Hbond substituents is 1. The molecule has 0 radical (unpaired) electrons. The topological polar surface area (TPSA) is 29.5 Å². The maximum atomic E-state index is 9.57. The lowest BCUT2D eigenvalue weighted by Gasteiger charge is -2.16. The van der Waals surface area contributed by atoms with Gasteiger partial charge in [-0.05, 0) is 24.5 Å². The fraction of sp³-hybridized carbons (Fsp3) is 0.400. The van der Waals surface area contributed by atoms with Crippen LogP contribution in [0.5, 0.6) is 11.5 Å². The van der Waals surface area contributed by atoms with Crippen LogP contribution in [0.15, 0.2) is 18.2 Å². The molecule has 1 N–H and O–H groups in total. The van der Waals surface area contributed by atoms with E-state index in [9.17, 15) is 5.11 Å². The minimum absolute atomic E-state index is 0.403. The lowest BCUT2D eigenvalue weighted by atomic mass is 10.1. The minimum Gasteiger partial charge on any atom is -0.508 e. The molecule has 2 atom stereocenters. The Labute approximate surface area is 70.8 Å². The third-order valence-corrected chi connectivity index (χ3v) is 2.79. The highest BCUT2D eigenvalue weighted by Crippen LogP contribution is 2.56. The highest BCUT2D eigenvalue weighted by molar-refractivity contribution is 5.50. The molecule has 1 fully saturated rings. The molecular formula is C10H10O2. The number of phenols is 1. The first-order chi connectivity index (χ1) is 5.86. The molecule has 0 bridgehead atoms. The molecule has 0 saturated heterocycles. The summed E-state index contributed by atoms with van der Waals surface area (Å²) in [7, 11) is 0. The van der Waals surface area contributed by atoms with E-state index in [0.717, 1.165) is 17.9 Å². The molecule has 1 aliphatic carbocycles. The molecule has 62 valence electrons. The first-order valence-corrected chi connectivity index (χ1v) is 4.31. The smallest absolute Gasteiger partial charge is 0.126 e. The molecular weight excluding hydrogens is 152 g/mol. The zero-order chi connectivity index (χ0) is 8.13. The number of ether oxygens (including phenoxy) is 1. The van der Waals surface area contributed by atoms with Crippen LogP contribution >= 0.6 is 0 Å². The molecule has 1 aromatic rings. The van der Waals surface area contributed by atoms with E-state index in [1.54, 1.807) is 6.07 Å².